The van der Waals surface area contributed by atoms with E-state index in [9.17, 15) is 0 Å². The van der Waals surface area contributed by atoms with Crippen molar-refractivity contribution >= 4 is 5.96 Å². The van der Waals surface area contributed by atoms with E-state index in [4.69, 9.17) is 5.73 Å². The monoisotopic (exact) mass is 211 g/mol. The van der Waals surface area contributed by atoms with Gasteiger partial charge in [0.2, 0.25) is 0 Å². The number of guanidine groups is 1. The van der Waals surface area contributed by atoms with Gasteiger partial charge in [-0.2, -0.15) is 0 Å². The van der Waals surface area contributed by atoms with Gasteiger partial charge in [0.15, 0.2) is 5.96 Å². The van der Waals surface area contributed by atoms with E-state index in [1.54, 1.807) is 0 Å². The van der Waals surface area contributed by atoms with Crippen molar-refractivity contribution in [2.24, 2.45) is 16.6 Å². The first-order valence-corrected chi connectivity index (χ1v) is 6.02. The van der Waals surface area contributed by atoms with Gasteiger partial charge in [-0.3, -0.25) is 0 Å². The third-order valence-corrected chi connectivity index (χ3v) is 2.44. The van der Waals surface area contributed by atoms with E-state index < -0.39 is 0 Å². The van der Waals surface area contributed by atoms with E-state index in [-0.39, 0.29) is 5.54 Å². The zero-order valence-corrected chi connectivity index (χ0v) is 10.6. The van der Waals surface area contributed by atoms with E-state index in [0.29, 0.717) is 0 Å². The molecule has 0 amide bonds. The van der Waals surface area contributed by atoms with Crippen LogP contribution in [0.5, 0.6) is 0 Å². The highest BCUT2D eigenvalue weighted by Crippen LogP contribution is 2.29. The second-order valence-corrected chi connectivity index (χ2v) is 5.53. The molecule has 3 nitrogen and oxygen atoms in total. The van der Waals surface area contributed by atoms with Gasteiger partial charge >= 0.3 is 0 Å². The topological polar surface area (TPSA) is 41.6 Å². The van der Waals surface area contributed by atoms with Gasteiger partial charge in [0, 0.05) is 13.1 Å². The molecule has 1 aliphatic carbocycles. The summed E-state index contributed by atoms with van der Waals surface area (Å²) in [6.45, 7) is 10.6. The first kappa shape index (κ1) is 12.3. The Kier molecular flexibility index (Phi) is 4.00. The molecule has 0 aromatic heterocycles. The van der Waals surface area contributed by atoms with E-state index in [2.05, 4.69) is 37.6 Å². The summed E-state index contributed by atoms with van der Waals surface area (Å²) in [5, 5.41) is 0. The van der Waals surface area contributed by atoms with Crippen LogP contribution in [-0.4, -0.2) is 29.5 Å². The average molecular weight is 211 g/mol. The number of nitrogens with zero attached hydrogens (tertiary/aromatic N) is 2. The number of rotatable bonds is 4. The molecule has 0 unspecified atom stereocenters. The lowest BCUT2D eigenvalue weighted by Gasteiger charge is -2.25. The van der Waals surface area contributed by atoms with E-state index in [1.165, 1.54) is 12.8 Å². The van der Waals surface area contributed by atoms with Gasteiger partial charge in [0.1, 0.15) is 0 Å². The molecule has 0 aromatic rings. The van der Waals surface area contributed by atoms with Crippen LogP contribution >= 0.6 is 0 Å². The fourth-order valence-corrected chi connectivity index (χ4v) is 1.60. The molecule has 2 N–H and O–H groups in total. The van der Waals surface area contributed by atoms with Crippen LogP contribution in [-0.2, 0) is 0 Å². The van der Waals surface area contributed by atoms with Crippen molar-refractivity contribution in [3.8, 4) is 0 Å². The second kappa shape index (κ2) is 4.86. The Bertz CT molecular complexity index is 224. The van der Waals surface area contributed by atoms with Gasteiger partial charge in [-0.15, -0.1) is 0 Å². The third kappa shape index (κ3) is 5.05. The molecule has 0 saturated heterocycles. The Balaban J connectivity index is 2.56. The van der Waals surface area contributed by atoms with Gasteiger partial charge in [0.25, 0.3) is 0 Å². The van der Waals surface area contributed by atoms with E-state index >= 15 is 0 Å². The van der Waals surface area contributed by atoms with Crippen LogP contribution in [0.25, 0.3) is 0 Å². The lowest BCUT2D eigenvalue weighted by molar-refractivity contribution is 0.387. The van der Waals surface area contributed by atoms with Crippen molar-refractivity contribution < 1.29 is 0 Å². The predicted octanol–water partition coefficient (Wildman–Crippen LogP) is 2.22. The minimum absolute atomic E-state index is 0.0698. The molecule has 1 rings (SSSR count). The van der Waals surface area contributed by atoms with Crippen LogP contribution < -0.4 is 5.73 Å². The lowest BCUT2D eigenvalue weighted by Crippen LogP contribution is -2.41. The molecule has 0 radical (unpaired) electrons. The summed E-state index contributed by atoms with van der Waals surface area (Å²) in [6, 6.07) is 0. The summed E-state index contributed by atoms with van der Waals surface area (Å²) >= 11 is 0. The molecule has 0 aromatic carbocycles. The predicted molar refractivity (Wildman–Crippen MR) is 66.0 cm³/mol. The fourth-order valence-electron chi connectivity index (χ4n) is 1.60. The summed E-state index contributed by atoms with van der Waals surface area (Å²) in [5.74, 6) is 1.58. The van der Waals surface area contributed by atoms with Crippen molar-refractivity contribution in [2.75, 3.05) is 13.1 Å². The van der Waals surface area contributed by atoms with Crippen molar-refractivity contribution in [1.29, 1.82) is 0 Å². The van der Waals surface area contributed by atoms with E-state index in [1.807, 2.05) is 0 Å². The highest BCUT2D eigenvalue weighted by Gasteiger charge is 2.25. The molecule has 0 aliphatic heterocycles. The van der Waals surface area contributed by atoms with Crippen molar-refractivity contribution in [3.05, 3.63) is 0 Å². The number of nitrogens with two attached hydrogens (primary N) is 1. The van der Waals surface area contributed by atoms with Gasteiger partial charge in [-0.1, -0.05) is 6.92 Å². The lowest BCUT2D eigenvalue weighted by atomic mass is 10.1. The zero-order valence-electron chi connectivity index (χ0n) is 10.6. The molecular formula is C12H25N3. The fraction of sp³-hybridized carbons (Fsp3) is 0.917. The molecular weight excluding hydrogens is 186 g/mol. The molecule has 1 fully saturated rings. The maximum Gasteiger partial charge on any atom is 0.191 e. The van der Waals surface area contributed by atoms with Crippen LogP contribution in [0.2, 0.25) is 0 Å². The summed E-state index contributed by atoms with van der Waals surface area (Å²) in [6.07, 6.45) is 3.86. The average Bonchev–Trinajstić information content (AvgIpc) is 2.84. The Labute approximate surface area is 93.7 Å². The maximum absolute atomic E-state index is 6.04. The minimum Gasteiger partial charge on any atom is -0.370 e. The molecule has 1 saturated carbocycles. The summed E-state index contributed by atoms with van der Waals surface area (Å²) in [5.41, 5.74) is 5.97. The van der Waals surface area contributed by atoms with Gasteiger partial charge in [-0.05, 0) is 46.0 Å². The van der Waals surface area contributed by atoms with Crippen molar-refractivity contribution in [1.82, 2.24) is 4.90 Å². The smallest absolute Gasteiger partial charge is 0.191 e. The molecule has 0 spiro atoms. The van der Waals surface area contributed by atoms with Crippen LogP contribution in [0.15, 0.2) is 4.99 Å². The molecule has 3 heteroatoms. The highest BCUT2D eigenvalue weighted by atomic mass is 15.3. The highest BCUT2D eigenvalue weighted by molar-refractivity contribution is 5.78. The number of hydrogen-bond acceptors (Lipinski definition) is 1. The third-order valence-electron chi connectivity index (χ3n) is 2.44. The quantitative estimate of drug-likeness (QED) is 0.572. The molecule has 1 aliphatic rings. The number of hydrogen-bond donors (Lipinski definition) is 1. The van der Waals surface area contributed by atoms with Crippen molar-refractivity contribution in [2.45, 2.75) is 52.5 Å². The maximum atomic E-state index is 6.04. The molecule has 0 heterocycles. The van der Waals surface area contributed by atoms with Crippen LogP contribution in [0.1, 0.15) is 47.0 Å². The Morgan fingerprint density at radius 1 is 1.40 bits per heavy atom. The molecule has 15 heavy (non-hydrogen) atoms. The molecule has 88 valence electrons. The first-order chi connectivity index (χ1) is 6.92. The molecule has 0 bridgehead atoms. The second-order valence-electron chi connectivity index (χ2n) is 5.53. The summed E-state index contributed by atoms with van der Waals surface area (Å²) < 4.78 is 0. The van der Waals surface area contributed by atoms with Crippen LogP contribution in [0.4, 0.5) is 0 Å². The molecule has 0 atom stereocenters. The van der Waals surface area contributed by atoms with Gasteiger partial charge < -0.3 is 10.6 Å². The van der Waals surface area contributed by atoms with Crippen molar-refractivity contribution in [3.63, 3.8) is 0 Å². The first-order valence-electron chi connectivity index (χ1n) is 6.02. The zero-order chi connectivity index (χ0) is 11.5. The minimum atomic E-state index is -0.0698. The standard InChI is InChI=1S/C12H25N3/c1-5-8-15(9-10-6-7-10)11(13)14-12(2,3)4/h10H,5-9H2,1-4H3,(H2,13,14). The normalized spacial score (nSPS) is 18.0. The Morgan fingerprint density at radius 2 is 2.00 bits per heavy atom. The van der Waals surface area contributed by atoms with Crippen LogP contribution in [0, 0.1) is 5.92 Å². The Hall–Kier alpha value is -0.730. The SMILES string of the molecule is CCCN(CC1CC1)C(N)=NC(C)(C)C. The van der Waals surface area contributed by atoms with Gasteiger partial charge in [-0.25, -0.2) is 4.99 Å². The summed E-state index contributed by atoms with van der Waals surface area (Å²) in [4.78, 5) is 6.77. The van der Waals surface area contributed by atoms with Gasteiger partial charge in [0.05, 0.1) is 5.54 Å². The largest absolute Gasteiger partial charge is 0.370 e. The van der Waals surface area contributed by atoms with Crippen LogP contribution in [0.3, 0.4) is 0 Å². The van der Waals surface area contributed by atoms with E-state index in [0.717, 1.165) is 31.4 Å². The number of aliphatic imine (C=N–C) groups is 1. The summed E-state index contributed by atoms with van der Waals surface area (Å²) in [7, 11) is 0. The Morgan fingerprint density at radius 3 is 2.40 bits per heavy atom.